The van der Waals surface area contributed by atoms with Crippen LogP contribution in [0.4, 0.5) is 0 Å². The van der Waals surface area contributed by atoms with Crippen LogP contribution in [0.1, 0.15) is 0 Å². The topological polar surface area (TPSA) is 64.7 Å². The Morgan fingerprint density at radius 3 is 1.78 bits per heavy atom. The van der Waals surface area contributed by atoms with Crippen molar-refractivity contribution in [3.63, 3.8) is 0 Å². The number of aromatic nitrogens is 4. The molecule has 0 unspecified atom stereocenters. The lowest BCUT2D eigenvalue weighted by Gasteiger charge is -2.14. The van der Waals surface area contributed by atoms with Crippen LogP contribution < -0.4 is 0 Å². The van der Waals surface area contributed by atoms with Crippen molar-refractivity contribution in [3.05, 3.63) is 158 Å². The molecule has 0 aliphatic rings. The van der Waals surface area contributed by atoms with Crippen molar-refractivity contribution >= 4 is 54.3 Å². The van der Waals surface area contributed by atoms with Gasteiger partial charge < -0.3 is 4.42 Å². The zero-order valence-corrected chi connectivity index (χ0v) is 26.2. The summed E-state index contributed by atoms with van der Waals surface area (Å²) in [5.74, 6) is 1.80. The van der Waals surface area contributed by atoms with Crippen LogP contribution in [0.2, 0.25) is 0 Å². The zero-order chi connectivity index (χ0) is 32.3. The molecule has 228 valence electrons. The van der Waals surface area contributed by atoms with E-state index < -0.39 is 0 Å². The number of hydrogen-bond acceptors (Lipinski definition) is 5. The Bertz CT molecular complexity index is 2820. The Kier molecular flexibility index (Phi) is 6.11. The van der Waals surface area contributed by atoms with Gasteiger partial charge in [0.2, 0.25) is 0 Å². The van der Waals surface area contributed by atoms with Crippen molar-refractivity contribution in [2.75, 3.05) is 0 Å². The lowest BCUT2D eigenvalue weighted by molar-refractivity contribution is 0.669. The van der Waals surface area contributed by atoms with E-state index in [1.807, 2.05) is 72.9 Å². The number of pyridine rings is 1. The minimum Gasteiger partial charge on any atom is -0.455 e. The van der Waals surface area contributed by atoms with Crippen molar-refractivity contribution < 1.29 is 4.42 Å². The Morgan fingerprint density at radius 1 is 0.408 bits per heavy atom. The van der Waals surface area contributed by atoms with Crippen molar-refractivity contribution in [1.82, 2.24) is 19.9 Å². The lowest BCUT2D eigenvalue weighted by atomic mass is 9.89. The number of hydrogen-bond donors (Lipinski definition) is 0. The second-order valence-electron chi connectivity index (χ2n) is 12.2. The molecule has 5 heteroatoms. The molecular formula is C44H26N4O. The Hall–Kier alpha value is -6.72. The van der Waals surface area contributed by atoms with Crippen LogP contribution in [0.25, 0.3) is 99.5 Å². The highest BCUT2D eigenvalue weighted by atomic mass is 16.3. The minimum atomic E-state index is 0.574. The monoisotopic (exact) mass is 626 g/mol. The van der Waals surface area contributed by atoms with Gasteiger partial charge in [0.1, 0.15) is 11.2 Å². The van der Waals surface area contributed by atoms with E-state index in [4.69, 9.17) is 19.4 Å². The Morgan fingerprint density at radius 2 is 1.02 bits per heavy atom. The largest absolute Gasteiger partial charge is 0.455 e. The average Bonchev–Trinajstić information content (AvgIpc) is 3.57. The molecule has 0 spiro atoms. The van der Waals surface area contributed by atoms with E-state index in [-0.39, 0.29) is 0 Å². The van der Waals surface area contributed by atoms with Crippen molar-refractivity contribution in [3.8, 4) is 45.3 Å². The van der Waals surface area contributed by atoms with Gasteiger partial charge in [0.25, 0.3) is 0 Å². The molecule has 3 aromatic heterocycles. The molecule has 0 amide bonds. The molecule has 0 bridgehead atoms. The van der Waals surface area contributed by atoms with E-state index in [0.29, 0.717) is 17.5 Å². The SMILES string of the molecule is c1ccc(-c2nc(-c3ccccc3)nc(-c3ccc(-c4cc5c6ccccc6ccc5c5ccccc45)c4oc5ccncc5c34)n2)cc1. The average molecular weight is 627 g/mol. The van der Waals surface area contributed by atoms with E-state index in [1.165, 1.54) is 26.9 Å². The highest BCUT2D eigenvalue weighted by Gasteiger charge is 2.22. The first kappa shape index (κ1) is 27.4. The molecule has 0 aliphatic carbocycles. The summed E-state index contributed by atoms with van der Waals surface area (Å²) in [6, 6.07) is 50.3. The Labute approximate surface area is 281 Å². The minimum absolute atomic E-state index is 0.574. The maximum Gasteiger partial charge on any atom is 0.164 e. The third-order valence-electron chi connectivity index (χ3n) is 9.42. The van der Waals surface area contributed by atoms with Gasteiger partial charge in [-0.15, -0.1) is 0 Å². The van der Waals surface area contributed by atoms with Gasteiger partial charge in [-0.2, -0.15) is 0 Å². The number of fused-ring (bicyclic) bond motifs is 8. The second kappa shape index (κ2) is 10.9. The predicted octanol–water partition coefficient (Wildman–Crippen LogP) is 11.3. The molecule has 0 saturated heterocycles. The van der Waals surface area contributed by atoms with Crippen LogP contribution in [-0.2, 0) is 0 Å². The fourth-order valence-electron chi connectivity index (χ4n) is 7.14. The first-order valence-corrected chi connectivity index (χ1v) is 16.3. The van der Waals surface area contributed by atoms with Gasteiger partial charge in [-0.05, 0) is 62.1 Å². The summed E-state index contributed by atoms with van der Waals surface area (Å²) in [4.78, 5) is 19.6. The molecular weight excluding hydrogens is 601 g/mol. The molecule has 0 fully saturated rings. The summed E-state index contributed by atoms with van der Waals surface area (Å²) in [5.41, 5.74) is 6.34. The molecule has 49 heavy (non-hydrogen) atoms. The van der Waals surface area contributed by atoms with Gasteiger partial charge in [-0.1, -0.05) is 121 Å². The van der Waals surface area contributed by atoms with Crippen molar-refractivity contribution in [1.29, 1.82) is 0 Å². The summed E-state index contributed by atoms with van der Waals surface area (Å²) in [7, 11) is 0. The van der Waals surface area contributed by atoms with Gasteiger partial charge in [0.05, 0.1) is 0 Å². The summed E-state index contributed by atoms with van der Waals surface area (Å²) in [6.07, 6.45) is 3.64. The van der Waals surface area contributed by atoms with Gasteiger partial charge in [-0.25, -0.2) is 15.0 Å². The third kappa shape index (κ3) is 4.40. The van der Waals surface area contributed by atoms with Crippen LogP contribution in [0, 0.1) is 0 Å². The first-order valence-electron chi connectivity index (χ1n) is 16.3. The van der Waals surface area contributed by atoms with Crippen molar-refractivity contribution in [2.24, 2.45) is 0 Å². The number of furan rings is 1. The Balaban J connectivity index is 1.29. The molecule has 7 aromatic carbocycles. The summed E-state index contributed by atoms with van der Waals surface area (Å²) in [5, 5.41) is 9.07. The van der Waals surface area contributed by atoms with E-state index in [0.717, 1.165) is 55.1 Å². The molecule has 0 atom stereocenters. The van der Waals surface area contributed by atoms with E-state index in [1.54, 1.807) is 6.20 Å². The number of rotatable bonds is 4. The summed E-state index contributed by atoms with van der Waals surface area (Å²) < 4.78 is 6.77. The zero-order valence-electron chi connectivity index (χ0n) is 26.2. The highest BCUT2D eigenvalue weighted by molar-refractivity contribution is 6.23. The van der Waals surface area contributed by atoms with Crippen LogP contribution >= 0.6 is 0 Å². The maximum atomic E-state index is 6.77. The molecule has 0 saturated carbocycles. The fourth-order valence-corrected chi connectivity index (χ4v) is 7.14. The quantitative estimate of drug-likeness (QED) is 0.182. The van der Waals surface area contributed by atoms with Crippen molar-refractivity contribution in [2.45, 2.75) is 0 Å². The molecule has 0 aliphatic heterocycles. The molecule has 0 radical (unpaired) electrons. The van der Waals surface area contributed by atoms with Crippen LogP contribution in [0.15, 0.2) is 162 Å². The standard InChI is InChI=1S/C44H26N4O/c1-3-12-28(13-4-1)42-46-43(29-14-5-2-6-15-29)48-44(47-42)35-22-21-34(41-40(35)38-26-45-24-23-39(38)49-41)37-25-36-30-16-8-7-11-27(30)19-20-33(36)31-17-9-10-18-32(31)37/h1-26H. The van der Waals surface area contributed by atoms with Gasteiger partial charge in [0, 0.05) is 45.4 Å². The summed E-state index contributed by atoms with van der Waals surface area (Å²) >= 11 is 0. The van der Waals surface area contributed by atoms with E-state index in [9.17, 15) is 0 Å². The lowest BCUT2D eigenvalue weighted by Crippen LogP contribution is -2.00. The highest BCUT2D eigenvalue weighted by Crippen LogP contribution is 2.45. The molecule has 10 aromatic rings. The third-order valence-corrected chi connectivity index (χ3v) is 9.42. The number of nitrogens with zero attached hydrogens (tertiary/aromatic N) is 4. The molecule has 5 nitrogen and oxygen atoms in total. The molecule has 0 N–H and O–H groups in total. The normalized spacial score (nSPS) is 11.7. The van der Waals surface area contributed by atoms with Gasteiger partial charge >= 0.3 is 0 Å². The number of benzene rings is 7. The van der Waals surface area contributed by atoms with Crippen LogP contribution in [0.3, 0.4) is 0 Å². The molecule has 3 heterocycles. The maximum absolute atomic E-state index is 6.77. The van der Waals surface area contributed by atoms with E-state index >= 15 is 0 Å². The van der Waals surface area contributed by atoms with Crippen LogP contribution in [0.5, 0.6) is 0 Å². The smallest absolute Gasteiger partial charge is 0.164 e. The predicted molar refractivity (Wildman–Crippen MR) is 199 cm³/mol. The van der Waals surface area contributed by atoms with Gasteiger partial charge in [0.15, 0.2) is 17.5 Å². The van der Waals surface area contributed by atoms with Gasteiger partial charge in [-0.3, -0.25) is 4.98 Å². The van der Waals surface area contributed by atoms with Crippen LogP contribution in [-0.4, -0.2) is 19.9 Å². The first-order chi connectivity index (χ1) is 24.3. The van der Waals surface area contributed by atoms with E-state index in [2.05, 4.69) is 83.8 Å². The molecule has 10 rings (SSSR count). The second-order valence-corrected chi connectivity index (χ2v) is 12.2. The fraction of sp³-hybridized carbons (Fsp3) is 0. The summed E-state index contributed by atoms with van der Waals surface area (Å²) in [6.45, 7) is 0.